The lowest BCUT2D eigenvalue weighted by Crippen LogP contribution is -2.41. The summed E-state index contributed by atoms with van der Waals surface area (Å²) in [5, 5.41) is 5.44. The zero-order chi connectivity index (χ0) is 14.9. The van der Waals surface area contributed by atoms with Crippen molar-refractivity contribution in [3.05, 3.63) is 35.5 Å². The Bertz CT molecular complexity index is 646. The van der Waals surface area contributed by atoms with Gasteiger partial charge in [-0.15, -0.1) is 0 Å². The van der Waals surface area contributed by atoms with E-state index in [1.54, 1.807) is 6.20 Å². The first-order valence-corrected chi connectivity index (χ1v) is 7.93. The molecule has 1 fully saturated rings. The van der Waals surface area contributed by atoms with Gasteiger partial charge in [0, 0.05) is 29.9 Å². The van der Waals surface area contributed by atoms with Gasteiger partial charge in [0.15, 0.2) is 0 Å². The van der Waals surface area contributed by atoms with E-state index in [1.807, 2.05) is 18.2 Å². The smallest absolute Gasteiger partial charge is 0.0908 e. The van der Waals surface area contributed by atoms with Crippen molar-refractivity contribution in [1.29, 1.82) is 0 Å². The molecule has 2 atom stereocenters. The van der Waals surface area contributed by atoms with Gasteiger partial charge in [-0.1, -0.05) is 18.5 Å². The third-order valence-corrected chi connectivity index (χ3v) is 4.73. The summed E-state index contributed by atoms with van der Waals surface area (Å²) in [6.45, 7) is 5.19. The van der Waals surface area contributed by atoms with Crippen molar-refractivity contribution in [2.24, 2.45) is 0 Å². The molecule has 4 heteroatoms. The molecule has 0 aliphatic carbocycles. The number of ether oxygens (including phenoxy) is 1. The highest BCUT2D eigenvalue weighted by Crippen LogP contribution is 2.33. The Morgan fingerprint density at radius 3 is 3.10 bits per heavy atom. The van der Waals surface area contributed by atoms with Crippen molar-refractivity contribution in [2.75, 3.05) is 11.9 Å². The molecular formula is C17H21ClN2O. The van der Waals surface area contributed by atoms with Gasteiger partial charge in [0.25, 0.3) is 0 Å². The van der Waals surface area contributed by atoms with E-state index < -0.39 is 0 Å². The number of benzene rings is 1. The van der Waals surface area contributed by atoms with E-state index in [2.05, 4.69) is 30.2 Å². The molecule has 1 N–H and O–H groups in total. The number of nitrogens with zero attached hydrogens (tertiary/aromatic N) is 1. The van der Waals surface area contributed by atoms with Gasteiger partial charge in [0.1, 0.15) is 0 Å². The van der Waals surface area contributed by atoms with E-state index in [-0.39, 0.29) is 5.60 Å². The van der Waals surface area contributed by atoms with Crippen LogP contribution in [0, 0.1) is 0 Å². The van der Waals surface area contributed by atoms with E-state index in [0.29, 0.717) is 11.1 Å². The van der Waals surface area contributed by atoms with E-state index >= 15 is 0 Å². The van der Waals surface area contributed by atoms with E-state index in [0.717, 1.165) is 42.5 Å². The van der Waals surface area contributed by atoms with Gasteiger partial charge < -0.3 is 10.1 Å². The summed E-state index contributed by atoms with van der Waals surface area (Å²) in [6.07, 6.45) is 4.86. The Morgan fingerprint density at radius 2 is 2.29 bits per heavy atom. The van der Waals surface area contributed by atoms with Crippen molar-refractivity contribution >= 4 is 28.2 Å². The number of aromatic nitrogens is 1. The molecule has 1 aliphatic rings. The highest BCUT2D eigenvalue weighted by molar-refractivity contribution is 6.35. The molecule has 21 heavy (non-hydrogen) atoms. The molecule has 0 spiro atoms. The normalized spacial score (nSPS) is 26.0. The van der Waals surface area contributed by atoms with Crippen LogP contribution in [0.5, 0.6) is 0 Å². The Kier molecular flexibility index (Phi) is 4.05. The minimum Gasteiger partial charge on any atom is -0.382 e. The molecule has 112 valence electrons. The minimum absolute atomic E-state index is 0.0175. The molecule has 3 rings (SSSR count). The zero-order valence-electron chi connectivity index (χ0n) is 12.5. The maximum Gasteiger partial charge on any atom is 0.0908 e. The first-order valence-electron chi connectivity index (χ1n) is 7.55. The SMILES string of the molecule is CCC1(C)CC(Nc2ccc(Cl)c3ncccc23)CCO1. The van der Waals surface area contributed by atoms with Crippen LogP contribution in [0.4, 0.5) is 5.69 Å². The summed E-state index contributed by atoms with van der Waals surface area (Å²) in [4.78, 5) is 4.38. The molecule has 1 aromatic heterocycles. The van der Waals surface area contributed by atoms with Gasteiger partial charge in [0.05, 0.1) is 16.1 Å². The summed E-state index contributed by atoms with van der Waals surface area (Å²) in [7, 11) is 0. The van der Waals surface area contributed by atoms with Crippen molar-refractivity contribution in [1.82, 2.24) is 4.98 Å². The molecule has 1 saturated heterocycles. The molecule has 1 aromatic carbocycles. The summed E-state index contributed by atoms with van der Waals surface area (Å²) in [5.41, 5.74) is 1.94. The zero-order valence-corrected chi connectivity index (χ0v) is 13.3. The van der Waals surface area contributed by atoms with Crippen molar-refractivity contribution in [2.45, 2.75) is 44.8 Å². The molecule has 2 unspecified atom stereocenters. The van der Waals surface area contributed by atoms with Crippen molar-refractivity contribution < 1.29 is 4.74 Å². The second-order valence-electron chi connectivity index (χ2n) is 5.98. The summed E-state index contributed by atoms with van der Waals surface area (Å²) < 4.78 is 5.92. The number of fused-ring (bicyclic) bond motifs is 1. The van der Waals surface area contributed by atoms with Crippen molar-refractivity contribution in [3.63, 3.8) is 0 Å². The Morgan fingerprint density at radius 1 is 1.43 bits per heavy atom. The van der Waals surface area contributed by atoms with Crippen LogP contribution in [0.15, 0.2) is 30.5 Å². The fraction of sp³-hybridized carbons (Fsp3) is 0.471. The van der Waals surface area contributed by atoms with E-state index in [4.69, 9.17) is 16.3 Å². The van der Waals surface area contributed by atoms with E-state index in [1.165, 1.54) is 0 Å². The van der Waals surface area contributed by atoms with Crippen LogP contribution in [-0.4, -0.2) is 23.2 Å². The summed E-state index contributed by atoms with van der Waals surface area (Å²) in [5.74, 6) is 0. The van der Waals surface area contributed by atoms with E-state index in [9.17, 15) is 0 Å². The minimum atomic E-state index is -0.0175. The van der Waals surface area contributed by atoms with Crippen LogP contribution in [0.3, 0.4) is 0 Å². The highest BCUT2D eigenvalue weighted by atomic mass is 35.5. The molecule has 0 radical (unpaired) electrons. The molecular weight excluding hydrogens is 284 g/mol. The molecule has 3 nitrogen and oxygen atoms in total. The van der Waals surface area contributed by atoms with Crippen LogP contribution in [-0.2, 0) is 4.74 Å². The first kappa shape index (κ1) is 14.6. The van der Waals surface area contributed by atoms with Crippen LogP contribution >= 0.6 is 11.6 Å². The van der Waals surface area contributed by atoms with Gasteiger partial charge >= 0.3 is 0 Å². The summed E-state index contributed by atoms with van der Waals surface area (Å²) in [6, 6.07) is 8.40. The van der Waals surface area contributed by atoms with Crippen LogP contribution in [0.25, 0.3) is 10.9 Å². The predicted molar refractivity (Wildman–Crippen MR) is 88.0 cm³/mol. The second kappa shape index (κ2) is 5.82. The largest absolute Gasteiger partial charge is 0.382 e. The fourth-order valence-corrected chi connectivity index (χ4v) is 3.20. The van der Waals surface area contributed by atoms with Crippen LogP contribution in [0.2, 0.25) is 5.02 Å². The lowest BCUT2D eigenvalue weighted by molar-refractivity contribution is -0.0708. The van der Waals surface area contributed by atoms with Gasteiger partial charge in [0.2, 0.25) is 0 Å². The van der Waals surface area contributed by atoms with Crippen LogP contribution in [0.1, 0.15) is 33.1 Å². The molecule has 2 heterocycles. The third kappa shape index (κ3) is 2.99. The second-order valence-corrected chi connectivity index (χ2v) is 6.39. The van der Waals surface area contributed by atoms with Gasteiger partial charge in [-0.2, -0.15) is 0 Å². The topological polar surface area (TPSA) is 34.2 Å². The number of hydrogen-bond donors (Lipinski definition) is 1. The van der Waals surface area contributed by atoms with Gasteiger partial charge in [-0.25, -0.2) is 0 Å². The highest BCUT2D eigenvalue weighted by Gasteiger charge is 2.31. The average molecular weight is 305 g/mol. The first-order chi connectivity index (χ1) is 10.1. The number of nitrogens with one attached hydrogen (secondary N) is 1. The maximum atomic E-state index is 6.23. The third-order valence-electron chi connectivity index (χ3n) is 4.42. The summed E-state index contributed by atoms with van der Waals surface area (Å²) >= 11 is 6.23. The van der Waals surface area contributed by atoms with Crippen molar-refractivity contribution in [3.8, 4) is 0 Å². The van der Waals surface area contributed by atoms with Gasteiger partial charge in [-0.3, -0.25) is 4.98 Å². The standard InChI is InChI=1S/C17H21ClN2O/c1-3-17(2)11-12(8-10-21-17)20-15-7-6-14(18)16-13(15)5-4-9-19-16/h4-7,9,12,20H,3,8,10-11H2,1-2H3. The lowest BCUT2D eigenvalue weighted by Gasteiger charge is -2.38. The molecule has 1 aliphatic heterocycles. The molecule has 0 bridgehead atoms. The van der Waals surface area contributed by atoms with Crippen LogP contribution < -0.4 is 5.32 Å². The Hall–Kier alpha value is -1.32. The Labute approximate surface area is 130 Å². The number of rotatable bonds is 3. The number of hydrogen-bond acceptors (Lipinski definition) is 3. The monoisotopic (exact) mass is 304 g/mol. The molecule has 2 aromatic rings. The lowest BCUT2D eigenvalue weighted by atomic mass is 9.89. The Balaban J connectivity index is 1.87. The number of anilines is 1. The fourth-order valence-electron chi connectivity index (χ4n) is 2.98. The predicted octanol–water partition coefficient (Wildman–Crippen LogP) is 4.65. The average Bonchev–Trinajstić information content (AvgIpc) is 2.51. The quantitative estimate of drug-likeness (QED) is 0.896. The number of pyridine rings is 1. The van der Waals surface area contributed by atoms with Gasteiger partial charge in [-0.05, 0) is 50.5 Å². The maximum absolute atomic E-state index is 6.23. The number of halogens is 1. The molecule has 0 saturated carbocycles. The molecule has 0 amide bonds.